The summed E-state index contributed by atoms with van der Waals surface area (Å²) in [6.45, 7) is 0.708. The fraction of sp³-hybridized carbons (Fsp3) is 0.385. The van der Waals surface area contributed by atoms with E-state index in [1.165, 1.54) is 7.11 Å². The minimum Gasteiger partial charge on any atom is -0.495 e. The molecule has 0 radical (unpaired) electrons. The summed E-state index contributed by atoms with van der Waals surface area (Å²) in [5.74, 6) is -1.10. The molecule has 0 spiro atoms. The van der Waals surface area contributed by atoms with Gasteiger partial charge in [0.15, 0.2) is 0 Å². The Bertz CT molecular complexity index is 517. The number of carbonyl (C=O) groups excluding carboxylic acids is 1. The zero-order valence-corrected chi connectivity index (χ0v) is 11.2. The zero-order valence-electron chi connectivity index (χ0n) is 10.4. The maximum absolute atomic E-state index is 12.2. The summed E-state index contributed by atoms with van der Waals surface area (Å²) in [6, 6.07) is 4.78. The fourth-order valence-corrected chi connectivity index (χ4v) is 2.32. The van der Waals surface area contributed by atoms with Gasteiger partial charge in [0.1, 0.15) is 5.75 Å². The van der Waals surface area contributed by atoms with Gasteiger partial charge in [0.05, 0.1) is 18.1 Å². The number of hydrogen-bond acceptors (Lipinski definition) is 3. The largest absolute Gasteiger partial charge is 0.495 e. The summed E-state index contributed by atoms with van der Waals surface area (Å²) in [6.07, 6.45) is 0.492. The number of carboxylic acids is 1. The van der Waals surface area contributed by atoms with E-state index in [4.69, 9.17) is 21.4 Å². The highest BCUT2D eigenvalue weighted by molar-refractivity contribution is 6.32. The predicted molar refractivity (Wildman–Crippen MR) is 69.7 cm³/mol. The van der Waals surface area contributed by atoms with Crippen molar-refractivity contribution in [2.45, 2.75) is 6.42 Å². The number of carboxylic acid groups (broad SMARTS) is 1. The number of carbonyl (C=O) groups is 2. The van der Waals surface area contributed by atoms with Gasteiger partial charge in [0.25, 0.3) is 5.91 Å². The highest BCUT2D eigenvalue weighted by atomic mass is 35.5. The average Bonchev–Trinajstić information content (AvgIpc) is 2.88. The van der Waals surface area contributed by atoms with Gasteiger partial charge < -0.3 is 14.7 Å². The van der Waals surface area contributed by atoms with Gasteiger partial charge in [-0.2, -0.15) is 0 Å². The summed E-state index contributed by atoms with van der Waals surface area (Å²) < 4.78 is 5.06. The number of benzene rings is 1. The van der Waals surface area contributed by atoms with E-state index in [2.05, 4.69) is 0 Å². The molecule has 1 aliphatic heterocycles. The van der Waals surface area contributed by atoms with E-state index in [0.717, 1.165) is 0 Å². The SMILES string of the molecule is COc1cc(C(=O)N2CCC(C(=O)O)C2)ccc1Cl. The molecule has 0 saturated carbocycles. The van der Waals surface area contributed by atoms with Crippen LogP contribution in [0.5, 0.6) is 5.75 Å². The molecule has 5 nitrogen and oxygen atoms in total. The summed E-state index contributed by atoms with van der Waals surface area (Å²) in [5, 5.41) is 9.36. The number of nitrogens with zero attached hydrogens (tertiary/aromatic N) is 1. The van der Waals surface area contributed by atoms with Gasteiger partial charge in [-0.15, -0.1) is 0 Å². The van der Waals surface area contributed by atoms with E-state index in [-0.39, 0.29) is 12.5 Å². The third-order valence-corrected chi connectivity index (χ3v) is 3.54. The summed E-state index contributed by atoms with van der Waals surface area (Å²) in [5.41, 5.74) is 0.451. The summed E-state index contributed by atoms with van der Waals surface area (Å²) >= 11 is 5.90. The highest BCUT2D eigenvalue weighted by Crippen LogP contribution is 2.26. The molecule has 1 amide bonds. The van der Waals surface area contributed by atoms with Crippen molar-refractivity contribution in [1.82, 2.24) is 4.90 Å². The average molecular weight is 284 g/mol. The standard InChI is InChI=1S/C13H14ClNO4/c1-19-11-6-8(2-3-10(11)14)12(16)15-5-4-9(7-15)13(17)18/h2-3,6,9H,4-5,7H2,1H3,(H,17,18). The molecule has 2 rings (SSSR count). The molecule has 0 bridgehead atoms. The second-order valence-corrected chi connectivity index (χ2v) is 4.83. The second kappa shape index (κ2) is 5.48. The van der Waals surface area contributed by atoms with Gasteiger partial charge in [-0.25, -0.2) is 0 Å². The van der Waals surface area contributed by atoms with Gasteiger partial charge in [0, 0.05) is 18.7 Å². The van der Waals surface area contributed by atoms with Crippen molar-refractivity contribution in [3.63, 3.8) is 0 Å². The van der Waals surface area contributed by atoms with Crippen molar-refractivity contribution in [3.8, 4) is 5.75 Å². The van der Waals surface area contributed by atoms with Crippen LogP contribution in [0.3, 0.4) is 0 Å². The molecule has 1 aromatic rings. The van der Waals surface area contributed by atoms with Crippen LogP contribution < -0.4 is 4.74 Å². The van der Waals surface area contributed by atoms with Crippen LogP contribution in [-0.2, 0) is 4.79 Å². The minimum absolute atomic E-state index is 0.196. The smallest absolute Gasteiger partial charge is 0.308 e. The van der Waals surface area contributed by atoms with Crippen LogP contribution in [0.1, 0.15) is 16.8 Å². The van der Waals surface area contributed by atoms with E-state index in [0.29, 0.717) is 29.3 Å². The summed E-state index contributed by atoms with van der Waals surface area (Å²) in [4.78, 5) is 24.6. The first-order valence-electron chi connectivity index (χ1n) is 5.88. The molecule has 6 heteroatoms. The van der Waals surface area contributed by atoms with E-state index in [1.807, 2.05) is 0 Å². The van der Waals surface area contributed by atoms with Crippen molar-refractivity contribution < 1.29 is 19.4 Å². The lowest BCUT2D eigenvalue weighted by molar-refractivity contribution is -0.141. The Labute approximate surface area is 115 Å². The number of amides is 1. The Hall–Kier alpha value is -1.75. The van der Waals surface area contributed by atoms with Crippen LogP contribution >= 0.6 is 11.6 Å². The molecule has 1 heterocycles. The maximum atomic E-state index is 12.2. The lowest BCUT2D eigenvalue weighted by Crippen LogP contribution is -2.29. The molecular formula is C13H14ClNO4. The van der Waals surface area contributed by atoms with Gasteiger partial charge in [-0.3, -0.25) is 9.59 Å². The van der Waals surface area contributed by atoms with Crippen LogP contribution in [0.2, 0.25) is 5.02 Å². The monoisotopic (exact) mass is 283 g/mol. The third kappa shape index (κ3) is 2.81. The molecule has 1 saturated heterocycles. The van der Waals surface area contributed by atoms with Crippen molar-refractivity contribution in [3.05, 3.63) is 28.8 Å². The van der Waals surface area contributed by atoms with Crippen LogP contribution in [-0.4, -0.2) is 42.1 Å². The predicted octanol–water partition coefficient (Wildman–Crippen LogP) is 1.90. The molecule has 1 fully saturated rings. The van der Waals surface area contributed by atoms with Crippen molar-refractivity contribution in [2.75, 3.05) is 20.2 Å². The van der Waals surface area contributed by atoms with Gasteiger partial charge in [-0.1, -0.05) is 11.6 Å². The number of likely N-dealkylation sites (tertiary alicyclic amines) is 1. The third-order valence-electron chi connectivity index (χ3n) is 3.22. The Morgan fingerprint density at radius 2 is 2.21 bits per heavy atom. The molecule has 102 valence electrons. The Morgan fingerprint density at radius 1 is 1.47 bits per heavy atom. The Morgan fingerprint density at radius 3 is 2.79 bits per heavy atom. The van der Waals surface area contributed by atoms with Crippen LogP contribution in [0.25, 0.3) is 0 Å². The number of hydrogen-bond donors (Lipinski definition) is 1. The molecule has 1 unspecified atom stereocenters. The van der Waals surface area contributed by atoms with E-state index in [9.17, 15) is 9.59 Å². The number of aliphatic carboxylic acids is 1. The van der Waals surface area contributed by atoms with Crippen LogP contribution in [0.4, 0.5) is 0 Å². The quantitative estimate of drug-likeness (QED) is 0.920. The van der Waals surface area contributed by atoms with Crippen LogP contribution in [0, 0.1) is 5.92 Å². The molecule has 1 aromatic carbocycles. The lowest BCUT2D eigenvalue weighted by atomic mass is 10.1. The Balaban J connectivity index is 2.14. The minimum atomic E-state index is -0.857. The topological polar surface area (TPSA) is 66.8 Å². The van der Waals surface area contributed by atoms with Gasteiger partial charge in [0.2, 0.25) is 0 Å². The van der Waals surface area contributed by atoms with Crippen molar-refractivity contribution in [1.29, 1.82) is 0 Å². The fourth-order valence-electron chi connectivity index (χ4n) is 2.12. The number of rotatable bonds is 3. The molecule has 1 atom stereocenters. The first-order chi connectivity index (χ1) is 9.02. The number of ether oxygens (including phenoxy) is 1. The van der Waals surface area contributed by atoms with Crippen molar-refractivity contribution in [2.24, 2.45) is 5.92 Å². The highest BCUT2D eigenvalue weighted by Gasteiger charge is 2.31. The molecule has 0 aromatic heterocycles. The van der Waals surface area contributed by atoms with Crippen molar-refractivity contribution >= 4 is 23.5 Å². The first kappa shape index (κ1) is 13.7. The maximum Gasteiger partial charge on any atom is 0.308 e. The first-order valence-corrected chi connectivity index (χ1v) is 6.26. The normalized spacial score (nSPS) is 18.4. The molecule has 1 N–H and O–H groups in total. The molecule has 1 aliphatic rings. The van der Waals surface area contributed by atoms with Crippen LogP contribution in [0.15, 0.2) is 18.2 Å². The van der Waals surface area contributed by atoms with E-state index < -0.39 is 11.9 Å². The number of halogens is 1. The van der Waals surface area contributed by atoms with Gasteiger partial charge in [-0.05, 0) is 24.6 Å². The molecule has 19 heavy (non-hydrogen) atoms. The number of methoxy groups -OCH3 is 1. The van der Waals surface area contributed by atoms with E-state index in [1.54, 1.807) is 23.1 Å². The lowest BCUT2D eigenvalue weighted by Gasteiger charge is -2.16. The van der Waals surface area contributed by atoms with Gasteiger partial charge >= 0.3 is 5.97 Å². The summed E-state index contributed by atoms with van der Waals surface area (Å²) in [7, 11) is 1.48. The molecular weight excluding hydrogens is 270 g/mol. The second-order valence-electron chi connectivity index (χ2n) is 4.42. The van der Waals surface area contributed by atoms with E-state index >= 15 is 0 Å². The molecule has 0 aliphatic carbocycles. The zero-order chi connectivity index (χ0) is 14.0. The Kier molecular flexibility index (Phi) is 3.95.